The molecule has 0 bridgehead atoms. The van der Waals surface area contributed by atoms with Crippen molar-refractivity contribution in [3.8, 4) is 0 Å². The van der Waals surface area contributed by atoms with E-state index in [1.54, 1.807) is 0 Å². The van der Waals surface area contributed by atoms with Gasteiger partial charge in [-0.05, 0) is 77.0 Å². The predicted octanol–water partition coefficient (Wildman–Crippen LogP) is 13.0. The molecule has 9 nitrogen and oxygen atoms in total. The van der Waals surface area contributed by atoms with Crippen LogP contribution in [0.2, 0.25) is 0 Å². The van der Waals surface area contributed by atoms with Gasteiger partial charge in [0.2, 0.25) is 0 Å². The van der Waals surface area contributed by atoms with E-state index in [9.17, 15) is 19.0 Å². The average molecular weight is 835 g/mol. The third-order valence-electron chi connectivity index (χ3n) is 9.22. The number of nitrogens with zero attached hydrogens (tertiary/aromatic N) is 1. The van der Waals surface area contributed by atoms with Gasteiger partial charge in [-0.15, -0.1) is 0 Å². The molecule has 0 rings (SSSR count). The summed E-state index contributed by atoms with van der Waals surface area (Å²) in [5.74, 6) is -0.874. The Morgan fingerprint density at radius 3 is 1.53 bits per heavy atom. The molecule has 0 aromatic carbocycles. The molecular weight excluding hydrogens is 750 g/mol. The standard InChI is InChI=1S/C48H84NO8P/c1-6-8-10-12-14-16-18-20-22-24-26-28-30-32-34-36-38-40-47(50)54-44-46(45-56-58(52,53)55-43-42-49(3,4)5)57-48(51)41-39-37-35-33-31-29-27-25-23-21-19-17-15-13-11-9-7-2/h9,11,15-18,21,23,27,29,33,35,46H,6-8,10,12-14,19-20,22,24-26,28,30-32,34,36-45H2,1-5H3/p+1/b11-9+,17-15+,18-16+,23-21+,29-27+,35-33+/t46-/m1/s1. The Balaban J connectivity index is 4.44. The van der Waals surface area contributed by atoms with Crippen LogP contribution in [0, 0.1) is 0 Å². The van der Waals surface area contributed by atoms with Crippen LogP contribution in [-0.4, -0.2) is 74.9 Å². The molecule has 1 unspecified atom stereocenters. The van der Waals surface area contributed by atoms with Crippen molar-refractivity contribution in [2.45, 2.75) is 174 Å². The van der Waals surface area contributed by atoms with E-state index in [-0.39, 0.29) is 32.0 Å². The number of likely N-dealkylation sites (N-methyl/N-ethyl adjacent to an activating group) is 1. The second kappa shape index (κ2) is 39.9. The molecule has 0 radical (unpaired) electrons. The van der Waals surface area contributed by atoms with Crippen molar-refractivity contribution >= 4 is 19.8 Å². The number of unbranched alkanes of at least 4 members (excludes halogenated alkanes) is 14. The van der Waals surface area contributed by atoms with E-state index >= 15 is 0 Å². The van der Waals surface area contributed by atoms with Gasteiger partial charge >= 0.3 is 19.8 Å². The van der Waals surface area contributed by atoms with Crippen LogP contribution in [0.1, 0.15) is 168 Å². The van der Waals surface area contributed by atoms with Crippen LogP contribution in [0.15, 0.2) is 72.9 Å². The average Bonchev–Trinajstić information content (AvgIpc) is 3.17. The van der Waals surface area contributed by atoms with Gasteiger partial charge in [0.05, 0.1) is 27.7 Å². The molecule has 0 aliphatic rings. The molecule has 334 valence electrons. The topological polar surface area (TPSA) is 108 Å². The minimum atomic E-state index is -4.39. The number of phosphoric acid groups is 1. The highest BCUT2D eigenvalue weighted by atomic mass is 31.2. The van der Waals surface area contributed by atoms with Gasteiger partial charge in [0, 0.05) is 12.8 Å². The Morgan fingerprint density at radius 1 is 0.552 bits per heavy atom. The summed E-state index contributed by atoms with van der Waals surface area (Å²) in [4.78, 5) is 35.4. The molecule has 10 heteroatoms. The second-order valence-electron chi connectivity index (χ2n) is 16.0. The summed E-state index contributed by atoms with van der Waals surface area (Å²) in [7, 11) is 1.43. The first-order valence-corrected chi connectivity index (χ1v) is 24.2. The van der Waals surface area contributed by atoms with Crippen molar-refractivity contribution in [1.82, 2.24) is 0 Å². The van der Waals surface area contributed by atoms with Gasteiger partial charge in [-0.1, -0.05) is 151 Å². The summed E-state index contributed by atoms with van der Waals surface area (Å²) in [6.07, 6.45) is 49.6. The second-order valence-corrected chi connectivity index (χ2v) is 17.5. The number of hydrogen-bond donors (Lipinski definition) is 1. The molecular formula is C48H85NO8P+. The molecule has 0 heterocycles. The molecule has 0 aliphatic heterocycles. The molecule has 0 spiro atoms. The Morgan fingerprint density at radius 2 is 1.00 bits per heavy atom. The Kier molecular flexibility index (Phi) is 38.1. The number of phosphoric ester groups is 1. The smallest absolute Gasteiger partial charge is 0.462 e. The van der Waals surface area contributed by atoms with Crippen molar-refractivity contribution in [3.63, 3.8) is 0 Å². The van der Waals surface area contributed by atoms with E-state index < -0.39 is 26.5 Å². The third-order valence-corrected chi connectivity index (χ3v) is 10.2. The van der Waals surface area contributed by atoms with Crippen molar-refractivity contribution in [2.75, 3.05) is 47.5 Å². The molecule has 0 aromatic heterocycles. The number of esters is 2. The third kappa shape index (κ3) is 43.0. The molecule has 2 atom stereocenters. The van der Waals surface area contributed by atoms with Gasteiger partial charge in [-0.2, -0.15) is 0 Å². The zero-order chi connectivity index (χ0) is 42.8. The zero-order valence-corrected chi connectivity index (χ0v) is 38.4. The summed E-state index contributed by atoms with van der Waals surface area (Å²) in [6.45, 7) is 4.22. The maximum Gasteiger partial charge on any atom is 0.472 e. The van der Waals surface area contributed by atoms with Gasteiger partial charge in [-0.25, -0.2) is 4.57 Å². The fourth-order valence-corrected chi connectivity index (χ4v) is 6.43. The number of quaternary nitrogens is 1. The Hall–Kier alpha value is -2.55. The van der Waals surface area contributed by atoms with Gasteiger partial charge in [-0.3, -0.25) is 18.6 Å². The molecule has 0 saturated carbocycles. The largest absolute Gasteiger partial charge is 0.472 e. The highest BCUT2D eigenvalue weighted by molar-refractivity contribution is 7.47. The van der Waals surface area contributed by atoms with Crippen molar-refractivity contribution in [3.05, 3.63) is 72.9 Å². The lowest BCUT2D eigenvalue weighted by molar-refractivity contribution is -0.870. The minimum absolute atomic E-state index is 0.0176. The first-order valence-electron chi connectivity index (χ1n) is 22.7. The first-order chi connectivity index (χ1) is 28.0. The highest BCUT2D eigenvalue weighted by Crippen LogP contribution is 2.43. The summed E-state index contributed by atoms with van der Waals surface area (Å²) in [6, 6.07) is 0. The maximum absolute atomic E-state index is 12.7. The number of carbonyl (C=O) groups excluding carboxylic acids is 2. The van der Waals surface area contributed by atoms with Crippen LogP contribution in [0.3, 0.4) is 0 Å². The molecule has 58 heavy (non-hydrogen) atoms. The van der Waals surface area contributed by atoms with Crippen LogP contribution in [0.25, 0.3) is 0 Å². The molecule has 0 saturated heterocycles. The van der Waals surface area contributed by atoms with Gasteiger partial charge in [0.15, 0.2) is 6.10 Å². The van der Waals surface area contributed by atoms with E-state index in [4.69, 9.17) is 18.5 Å². The Labute approximate surface area is 355 Å². The predicted molar refractivity (Wildman–Crippen MR) is 242 cm³/mol. The van der Waals surface area contributed by atoms with Gasteiger partial charge in [0.1, 0.15) is 19.8 Å². The van der Waals surface area contributed by atoms with Gasteiger partial charge in [0.25, 0.3) is 0 Å². The zero-order valence-electron chi connectivity index (χ0n) is 37.5. The Bertz CT molecular complexity index is 1220. The van der Waals surface area contributed by atoms with E-state index in [0.717, 1.165) is 51.4 Å². The first kappa shape index (κ1) is 55.5. The quantitative estimate of drug-likeness (QED) is 0.0214. The van der Waals surface area contributed by atoms with E-state index in [0.29, 0.717) is 23.9 Å². The molecule has 0 aromatic rings. The summed E-state index contributed by atoms with van der Waals surface area (Å²) in [5, 5.41) is 0. The van der Waals surface area contributed by atoms with Crippen LogP contribution in [-0.2, 0) is 32.7 Å². The van der Waals surface area contributed by atoms with E-state index in [1.165, 1.54) is 77.0 Å². The van der Waals surface area contributed by atoms with E-state index in [1.807, 2.05) is 27.2 Å². The summed E-state index contributed by atoms with van der Waals surface area (Å²) >= 11 is 0. The van der Waals surface area contributed by atoms with Crippen LogP contribution < -0.4 is 0 Å². The monoisotopic (exact) mass is 835 g/mol. The highest BCUT2D eigenvalue weighted by Gasteiger charge is 2.27. The number of hydrogen-bond acceptors (Lipinski definition) is 7. The van der Waals surface area contributed by atoms with Crippen molar-refractivity contribution in [2.24, 2.45) is 0 Å². The number of rotatable bonds is 40. The lowest BCUT2D eigenvalue weighted by Gasteiger charge is -2.24. The van der Waals surface area contributed by atoms with E-state index in [2.05, 4.69) is 80.7 Å². The summed E-state index contributed by atoms with van der Waals surface area (Å²) in [5.41, 5.74) is 0. The molecule has 0 amide bonds. The number of allylic oxidation sites excluding steroid dienone is 12. The summed E-state index contributed by atoms with van der Waals surface area (Å²) < 4.78 is 34.3. The lowest BCUT2D eigenvalue weighted by Crippen LogP contribution is -2.37. The fourth-order valence-electron chi connectivity index (χ4n) is 5.69. The van der Waals surface area contributed by atoms with Crippen molar-refractivity contribution < 1.29 is 42.1 Å². The number of carbonyl (C=O) groups is 2. The van der Waals surface area contributed by atoms with Crippen LogP contribution in [0.5, 0.6) is 0 Å². The number of ether oxygens (including phenoxy) is 2. The normalized spacial score (nSPS) is 14.2. The fraction of sp³-hybridized carbons (Fsp3) is 0.708. The molecule has 0 fully saturated rings. The molecule has 1 N–H and O–H groups in total. The SMILES string of the molecule is CC/C=C/C/C=C/C/C=C/C/C=C/C/C=C/CCCC(=O)O[C@H](COC(=O)CCCCCCCCCCC/C=C/CCCCCC)COP(=O)(O)OCC[N+](C)(C)C. The van der Waals surface area contributed by atoms with Crippen LogP contribution >= 0.6 is 7.82 Å². The molecule has 0 aliphatic carbocycles. The maximum atomic E-state index is 12.7. The van der Waals surface area contributed by atoms with Crippen molar-refractivity contribution in [1.29, 1.82) is 0 Å². The lowest BCUT2D eigenvalue weighted by atomic mass is 10.1. The minimum Gasteiger partial charge on any atom is -0.462 e. The van der Waals surface area contributed by atoms with Crippen LogP contribution in [0.4, 0.5) is 0 Å². The van der Waals surface area contributed by atoms with Gasteiger partial charge < -0.3 is 18.9 Å².